The Kier molecular flexibility index (Phi) is 7.42. The van der Waals surface area contributed by atoms with Gasteiger partial charge in [-0.25, -0.2) is 18.6 Å². The molecule has 0 unspecified atom stereocenters. The molecule has 3 aromatic rings. The van der Waals surface area contributed by atoms with E-state index in [1.54, 1.807) is 48.5 Å². The number of amides is 1. The average molecular weight is 468 g/mol. The molecule has 2 N–H and O–H groups in total. The van der Waals surface area contributed by atoms with E-state index in [9.17, 15) is 23.1 Å². The summed E-state index contributed by atoms with van der Waals surface area (Å²) in [5.41, 5.74) is 2.78. The second kappa shape index (κ2) is 10.4. The van der Waals surface area contributed by atoms with E-state index in [-0.39, 0.29) is 21.7 Å². The van der Waals surface area contributed by atoms with Crippen LogP contribution >= 0.6 is 0 Å². The molecule has 9 nitrogen and oxygen atoms in total. The second-order valence-electron chi connectivity index (χ2n) is 6.71. The number of rotatable bonds is 9. The van der Waals surface area contributed by atoms with Crippen LogP contribution in [0, 0.1) is 0 Å². The van der Waals surface area contributed by atoms with Crippen molar-refractivity contribution in [1.29, 1.82) is 0 Å². The third kappa shape index (κ3) is 5.74. The van der Waals surface area contributed by atoms with Gasteiger partial charge in [-0.3, -0.25) is 9.10 Å². The molecule has 10 heteroatoms. The molecule has 0 radical (unpaired) electrons. The van der Waals surface area contributed by atoms with Gasteiger partial charge in [-0.2, -0.15) is 5.10 Å². The van der Waals surface area contributed by atoms with Gasteiger partial charge >= 0.3 is 5.97 Å². The van der Waals surface area contributed by atoms with Crippen LogP contribution in [0.2, 0.25) is 0 Å². The Hall–Kier alpha value is -4.18. The number of carboxylic acids is 1. The molecule has 0 saturated carbocycles. The number of hydrogen-bond donors (Lipinski definition) is 2. The van der Waals surface area contributed by atoms with Crippen LogP contribution in [0.15, 0.2) is 88.9 Å². The number of carbonyl (C=O) groups excluding carboxylic acids is 1. The maximum atomic E-state index is 13.3. The number of hydrogen-bond acceptors (Lipinski definition) is 6. The Morgan fingerprint density at radius 3 is 2.42 bits per heavy atom. The molecule has 3 rings (SSSR count). The molecule has 0 bridgehead atoms. The van der Waals surface area contributed by atoms with E-state index >= 15 is 0 Å². The van der Waals surface area contributed by atoms with Gasteiger partial charge in [0.05, 0.1) is 29.5 Å². The number of benzene rings is 3. The van der Waals surface area contributed by atoms with Crippen molar-refractivity contribution < 1.29 is 27.9 Å². The number of hydrazone groups is 1. The predicted molar refractivity (Wildman–Crippen MR) is 123 cm³/mol. The van der Waals surface area contributed by atoms with Crippen molar-refractivity contribution in [2.75, 3.05) is 18.0 Å². The first kappa shape index (κ1) is 23.5. The number of sulfonamides is 1. The molecule has 1 amide bonds. The van der Waals surface area contributed by atoms with Crippen LogP contribution in [-0.4, -0.2) is 45.3 Å². The largest absolute Gasteiger partial charge is 0.497 e. The maximum Gasteiger partial charge on any atom is 0.336 e. The maximum absolute atomic E-state index is 13.3. The van der Waals surface area contributed by atoms with Gasteiger partial charge in [0.1, 0.15) is 12.3 Å². The molecular weight excluding hydrogens is 446 g/mol. The number of nitrogens with one attached hydrogen (secondary N) is 1. The van der Waals surface area contributed by atoms with Crippen molar-refractivity contribution in [3.05, 3.63) is 90.0 Å². The third-order valence-corrected chi connectivity index (χ3v) is 6.33. The third-order valence-electron chi connectivity index (χ3n) is 4.54. The second-order valence-corrected chi connectivity index (χ2v) is 8.57. The molecule has 0 aliphatic heterocycles. The molecule has 170 valence electrons. The highest BCUT2D eigenvalue weighted by Crippen LogP contribution is 2.26. The summed E-state index contributed by atoms with van der Waals surface area (Å²) < 4.78 is 32.7. The number of nitrogens with zero attached hydrogens (tertiary/aromatic N) is 2. The first-order valence-corrected chi connectivity index (χ1v) is 11.1. The molecule has 0 heterocycles. The summed E-state index contributed by atoms with van der Waals surface area (Å²) in [7, 11) is -2.63. The highest BCUT2D eigenvalue weighted by atomic mass is 32.2. The van der Waals surface area contributed by atoms with Gasteiger partial charge in [-0.1, -0.05) is 42.5 Å². The van der Waals surface area contributed by atoms with Crippen molar-refractivity contribution in [2.45, 2.75) is 4.90 Å². The molecular formula is C23H21N3O6S. The first-order chi connectivity index (χ1) is 15.8. The molecule has 0 fully saturated rings. The Balaban J connectivity index is 1.86. The number of aromatic carboxylic acids is 1. The Labute approximate surface area is 191 Å². The zero-order valence-corrected chi connectivity index (χ0v) is 18.4. The van der Waals surface area contributed by atoms with Gasteiger partial charge in [-0.05, 0) is 30.3 Å². The number of carboxylic acid groups (broad SMARTS) is 1. The lowest BCUT2D eigenvalue weighted by molar-refractivity contribution is -0.119. The monoisotopic (exact) mass is 467 g/mol. The fourth-order valence-electron chi connectivity index (χ4n) is 2.94. The lowest BCUT2D eigenvalue weighted by Gasteiger charge is -2.24. The summed E-state index contributed by atoms with van der Waals surface area (Å²) in [6.07, 6.45) is 1.18. The quantitative estimate of drug-likeness (QED) is 0.368. The van der Waals surface area contributed by atoms with Crippen molar-refractivity contribution in [2.24, 2.45) is 5.10 Å². The lowest BCUT2D eigenvalue weighted by atomic mass is 10.1. The fourth-order valence-corrected chi connectivity index (χ4v) is 4.38. The summed E-state index contributed by atoms with van der Waals surface area (Å²) in [6.45, 7) is -0.567. The highest BCUT2D eigenvalue weighted by Gasteiger charge is 2.27. The van der Waals surface area contributed by atoms with Gasteiger partial charge in [0.2, 0.25) is 0 Å². The van der Waals surface area contributed by atoms with Gasteiger partial charge in [0, 0.05) is 11.6 Å². The molecule has 0 aliphatic carbocycles. The van der Waals surface area contributed by atoms with Crippen molar-refractivity contribution >= 4 is 33.8 Å². The van der Waals surface area contributed by atoms with Crippen molar-refractivity contribution in [3.63, 3.8) is 0 Å². The molecule has 0 saturated heterocycles. The van der Waals surface area contributed by atoms with Gasteiger partial charge in [0.25, 0.3) is 15.9 Å². The van der Waals surface area contributed by atoms with E-state index in [0.29, 0.717) is 5.75 Å². The summed E-state index contributed by atoms with van der Waals surface area (Å²) >= 11 is 0. The zero-order valence-electron chi connectivity index (χ0n) is 17.6. The van der Waals surface area contributed by atoms with Crippen LogP contribution in [0.25, 0.3) is 0 Å². The van der Waals surface area contributed by atoms with Crippen LogP contribution in [0.3, 0.4) is 0 Å². The minimum absolute atomic E-state index is 0.0134. The first-order valence-electron chi connectivity index (χ1n) is 9.69. The molecule has 0 spiro atoms. The van der Waals surface area contributed by atoms with Crippen LogP contribution in [0.5, 0.6) is 5.75 Å². The van der Waals surface area contributed by atoms with Crippen molar-refractivity contribution in [1.82, 2.24) is 5.43 Å². The lowest BCUT2D eigenvalue weighted by Crippen LogP contribution is -2.39. The van der Waals surface area contributed by atoms with Gasteiger partial charge in [-0.15, -0.1) is 0 Å². The van der Waals surface area contributed by atoms with Crippen LogP contribution in [0.1, 0.15) is 15.9 Å². The number of methoxy groups -OCH3 is 1. The molecule has 33 heavy (non-hydrogen) atoms. The average Bonchev–Trinajstić information content (AvgIpc) is 2.83. The molecule has 0 atom stereocenters. The van der Waals surface area contributed by atoms with E-state index < -0.39 is 28.4 Å². The SMILES string of the molecule is COc1cccc(N(CC(=O)N/N=C\c2ccccc2C(=O)O)S(=O)(=O)c2ccccc2)c1. The number of carbonyl (C=O) groups is 2. The van der Waals surface area contributed by atoms with Crippen LogP contribution in [0.4, 0.5) is 5.69 Å². The Morgan fingerprint density at radius 1 is 1.03 bits per heavy atom. The van der Waals surface area contributed by atoms with E-state index in [0.717, 1.165) is 4.31 Å². The molecule has 0 aliphatic rings. The Morgan fingerprint density at radius 2 is 1.73 bits per heavy atom. The van der Waals surface area contributed by atoms with E-state index in [2.05, 4.69) is 10.5 Å². The Bertz CT molecular complexity index is 1280. The minimum atomic E-state index is -4.08. The summed E-state index contributed by atoms with van der Waals surface area (Å²) in [5, 5.41) is 13.0. The normalized spacial score (nSPS) is 11.2. The fraction of sp³-hybridized carbons (Fsp3) is 0.0870. The molecule has 0 aromatic heterocycles. The topological polar surface area (TPSA) is 125 Å². The smallest absolute Gasteiger partial charge is 0.336 e. The number of ether oxygens (including phenoxy) is 1. The summed E-state index contributed by atoms with van der Waals surface area (Å²) in [6, 6.07) is 20.2. The highest BCUT2D eigenvalue weighted by molar-refractivity contribution is 7.92. The van der Waals surface area contributed by atoms with Gasteiger partial charge in [0.15, 0.2) is 0 Å². The van der Waals surface area contributed by atoms with E-state index in [4.69, 9.17) is 4.74 Å². The molecule has 3 aromatic carbocycles. The standard InChI is InChI=1S/C23H21N3O6S/c1-32-19-10-7-9-18(14-19)26(33(30,31)20-11-3-2-4-12-20)16-22(27)25-24-15-17-8-5-6-13-21(17)23(28)29/h2-15H,16H2,1H3,(H,25,27)(H,28,29)/b24-15-. The van der Waals surface area contributed by atoms with Crippen molar-refractivity contribution in [3.8, 4) is 5.75 Å². The minimum Gasteiger partial charge on any atom is -0.497 e. The van der Waals surface area contributed by atoms with Crippen LogP contribution < -0.4 is 14.5 Å². The number of anilines is 1. The summed E-state index contributed by atoms with van der Waals surface area (Å²) in [4.78, 5) is 23.9. The van der Waals surface area contributed by atoms with E-state index in [1.165, 1.54) is 43.7 Å². The van der Waals surface area contributed by atoms with Gasteiger partial charge < -0.3 is 9.84 Å². The predicted octanol–water partition coefficient (Wildman–Crippen LogP) is 2.74. The van der Waals surface area contributed by atoms with E-state index in [1.807, 2.05) is 0 Å². The zero-order chi connectivity index (χ0) is 23.8. The summed E-state index contributed by atoms with van der Waals surface area (Å²) in [5.74, 6) is -1.44. The van der Waals surface area contributed by atoms with Crippen LogP contribution in [-0.2, 0) is 14.8 Å².